The molecule has 0 atom stereocenters. The van der Waals surface area contributed by atoms with Gasteiger partial charge in [-0.3, -0.25) is 10.1 Å². The van der Waals surface area contributed by atoms with Gasteiger partial charge in [0.15, 0.2) is 0 Å². The van der Waals surface area contributed by atoms with Crippen LogP contribution in [-0.4, -0.2) is 34.5 Å². The smallest absolute Gasteiger partial charge is 0.271 e. The Balaban J connectivity index is 1.77. The van der Waals surface area contributed by atoms with Crippen LogP contribution in [-0.2, 0) is 0 Å². The number of nitrogens with two attached hydrogens (primary N) is 1. The molecule has 0 radical (unpaired) electrons. The van der Waals surface area contributed by atoms with Crippen molar-refractivity contribution in [2.24, 2.45) is 11.7 Å². The largest absolute Gasteiger partial charge is 0.342 e. The molecule has 0 bridgehead atoms. The molecule has 1 fully saturated rings. The number of nitro groups is 1. The van der Waals surface area contributed by atoms with Gasteiger partial charge in [0.2, 0.25) is 5.95 Å². The average Bonchev–Trinajstić information content (AvgIpc) is 2.91. The zero-order valence-electron chi connectivity index (χ0n) is 11.8. The van der Waals surface area contributed by atoms with Crippen LogP contribution < -0.4 is 10.6 Å². The van der Waals surface area contributed by atoms with Gasteiger partial charge in [-0.2, -0.15) is 0 Å². The second kappa shape index (κ2) is 5.69. The Hall–Kier alpha value is -2.15. The van der Waals surface area contributed by atoms with Crippen LogP contribution in [0.4, 0.5) is 11.6 Å². The van der Waals surface area contributed by atoms with Gasteiger partial charge in [0.1, 0.15) is 0 Å². The second-order valence-electron chi connectivity index (χ2n) is 5.53. The minimum Gasteiger partial charge on any atom is -0.342 e. The summed E-state index contributed by atoms with van der Waals surface area (Å²) in [6.45, 7) is 2.65. The predicted octanol–water partition coefficient (Wildman–Crippen LogP) is 2.04. The van der Waals surface area contributed by atoms with Crippen molar-refractivity contribution in [3.63, 3.8) is 0 Å². The number of benzene rings is 1. The molecular formula is C14H19N5O2. The minimum absolute atomic E-state index is 0.0827. The summed E-state index contributed by atoms with van der Waals surface area (Å²) in [6.07, 6.45) is 3.32. The van der Waals surface area contributed by atoms with Gasteiger partial charge in [-0.1, -0.05) is 0 Å². The molecule has 1 aliphatic rings. The van der Waals surface area contributed by atoms with E-state index in [1.807, 2.05) is 0 Å². The van der Waals surface area contributed by atoms with Crippen molar-refractivity contribution >= 4 is 22.7 Å². The summed E-state index contributed by atoms with van der Waals surface area (Å²) in [7, 11) is 0. The van der Waals surface area contributed by atoms with Crippen LogP contribution in [0.3, 0.4) is 0 Å². The van der Waals surface area contributed by atoms with Crippen molar-refractivity contribution in [1.82, 2.24) is 9.97 Å². The van der Waals surface area contributed by atoms with Gasteiger partial charge in [-0.25, -0.2) is 4.98 Å². The quantitative estimate of drug-likeness (QED) is 0.662. The fourth-order valence-electron chi connectivity index (χ4n) is 2.92. The molecule has 0 unspecified atom stereocenters. The summed E-state index contributed by atoms with van der Waals surface area (Å²) in [6, 6.07) is 4.71. The summed E-state index contributed by atoms with van der Waals surface area (Å²) in [5.74, 6) is 1.51. The monoisotopic (exact) mass is 289 g/mol. The number of piperidine rings is 1. The van der Waals surface area contributed by atoms with Crippen LogP contribution in [0.25, 0.3) is 11.0 Å². The standard InChI is InChI=1S/C14H19N5O2/c15-6-3-10-4-7-18(8-5-10)14-16-12-2-1-11(19(20)21)9-13(12)17-14/h1-2,9-10H,3-8,15H2,(H,16,17). The Kier molecular flexibility index (Phi) is 3.74. The van der Waals surface area contributed by atoms with Gasteiger partial charge in [-0.05, 0) is 37.8 Å². The first kappa shape index (κ1) is 13.8. The number of hydrogen-bond donors (Lipinski definition) is 2. The van der Waals surface area contributed by atoms with E-state index in [0.717, 1.165) is 50.4 Å². The molecule has 0 aliphatic carbocycles. The lowest BCUT2D eigenvalue weighted by Crippen LogP contribution is -2.34. The summed E-state index contributed by atoms with van der Waals surface area (Å²) < 4.78 is 0. The van der Waals surface area contributed by atoms with Crippen LogP contribution in [0.1, 0.15) is 19.3 Å². The van der Waals surface area contributed by atoms with E-state index in [9.17, 15) is 10.1 Å². The highest BCUT2D eigenvalue weighted by atomic mass is 16.6. The van der Waals surface area contributed by atoms with E-state index in [4.69, 9.17) is 5.73 Å². The number of anilines is 1. The summed E-state index contributed by atoms with van der Waals surface area (Å²) >= 11 is 0. The predicted molar refractivity (Wildman–Crippen MR) is 81.4 cm³/mol. The highest BCUT2D eigenvalue weighted by Crippen LogP contribution is 2.26. The lowest BCUT2D eigenvalue weighted by atomic mass is 9.94. The molecule has 1 aromatic carbocycles. The normalized spacial score (nSPS) is 16.5. The van der Waals surface area contributed by atoms with Crippen LogP contribution in [0, 0.1) is 16.0 Å². The van der Waals surface area contributed by atoms with Crippen LogP contribution in [0.15, 0.2) is 18.2 Å². The summed E-state index contributed by atoms with van der Waals surface area (Å²) in [5, 5.41) is 10.8. The van der Waals surface area contributed by atoms with Gasteiger partial charge in [-0.15, -0.1) is 0 Å². The molecule has 1 saturated heterocycles. The molecular weight excluding hydrogens is 270 g/mol. The van der Waals surface area contributed by atoms with Crippen LogP contribution in [0.5, 0.6) is 0 Å². The second-order valence-corrected chi connectivity index (χ2v) is 5.53. The number of aromatic nitrogens is 2. The lowest BCUT2D eigenvalue weighted by molar-refractivity contribution is -0.384. The van der Waals surface area contributed by atoms with Gasteiger partial charge >= 0.3 is 0 Å². The van der Waals surface area contributed by atoms with E-state index in [1.54, 1.807) is 6.07 Å². The molecule has 1 aliphatic heterocycles. The molecule has 21 heavy (non-hydrogen) atoms. The Labute approximate surface area is 122 Å². The molecule has 7 nitrogen and oxygen atoms in total. The van der Waals surface area contributed by atoms with E-state index in [2.05, 4.69) is 14.9 Å². The van der Waals surface area contributed by atoms with Crippen molar-refractivity contribution in [3.05, 3.63) is 28.3 Å². The fourth-order valence-corrected chi connectivity index (χ4v) is 2.92. The lowest BCUT2D eigenvalue weighted by Gasteiger charge is -2.31. The van der Waals surface area contributed by atoms with Crippen LogP contribution >= 0.6 is 0 Å². The SMILES string of the molecule is NCCC1CCN(c2nc3ccc([N+](=O)[O-])cc3[nH]2)CC1. The molecule has 7 heteroatoms. The zero-order valence-corrected chi connectivity index (χ0v) is 11.8. The molecule has 0 spiro atoms. The highest BCUT2D eigenvalue weighted by molar-refractivity contribution is 5.80. The van der Waals surface area contributed by atoms with Gasteiger partial charge in [0.05, 0.1) is 16.0 Å². The molecule has 3 rings (SSSR count). The average molecular weight is 289 g/mol. The van der Waals surface area contributed by atoms with Crippen molar-refractivity contribution in [1.29, 1.82) is 0 Å². The van der Waals surface area contributed by atoms with Gasteiger partial charge < -0.3 is 15.6 Å². The fraction of sp³-hybridized carbons (Fsp3) is 0.500. The van der Waals surface area contributed by atoms with E-state index >= 15 is 0 Å². The van der Waals surface area contributed by atoms with Crippen molar-refractivity contribution in [2.45, 2.75) is 19.3 Å². The first-order valence-electron chi connectivity index (χ1n) is 7.26. The maximum Gasteiger partial charge on any atom is 0.271 e. The summed E-state index contributed by atoms with van der Waals surface area (Å²) in [5.41, 5.74) is 7.17. The first-order chi connectivity index (χ1) is 10.2. The number of rotatable bonds is 4. The molecule has 1 aromatic heterocycles. The molecule has 3 N–H and O–H groups in total. The van der Waals surface area contributed by atoms with E-state index < -0.39 is 4.92 Å². The topological polar surface area (TPSA) is 101 Å². The Morgan fingerprint density at radius 2 is 2.19 bits per heavy atom. The third-order valence-electron chi connectivity index (χ3n) is 4.15. The number of aromatic amines is 1. The maximum atomic E-state index is 10.8. The Morgan fingerprint density at radius 1 is 1.43 bits per heavy atom. The van der Waals surface area contributed by atoms with Crippen molar-refractivity contribution in [2.75, 3.05) is 24.5 Å². The number of hydrogen-bond acceptors (Lipinski definition) is 5. The van der Waals surface area contributed by atoms with E-state index in [-0.39, 0.29) is 5.69 Å². The number of nitro benzene ring substituents is 1. The number of nitrogens with one attached hydrogen (secondary N) is 1. The molecule has 112 valence electrons. The molecule has 2 aromatic rings. The molecule has 0 amide bonds. The van der Waals surface area contributed by atoms with E-state index in [0.29, 0.717) is 11.4 Å². The summed E-state index contributed by atoms with van der Waals surface area (Å²) in [4.78, 5) is 20.3. The zero-order chi connectivity index (χ0) is 14.8. The maximum absolute atomic E-state index is 10.8. The minimum atomic E-state index is -0.391. The van der Waals surface area contributed by atoms with Gasteiger partial charge in [0, 0.05) is 25.2 Å². The number of fused-ring (bicyclic) bond motifs is 1. The number of nitrogens with zero attached hydrogens (tertiary/aromatic N) is 3. The van der Waals surface area contributed by atoms with Gasteiger partial charge in [0.25, 0.3) is 5.69 Å². The Bertz CT molecular complexity index is 646. The molecule has 0 saturated carbocycles. The van der Waals surface area contributed by atoms with Crippen molar-refractivity contribution < 1.29 is 4.92 Å². The molecule has 2 heterocycles. The van der Waals surface area contributed by atoms with Crippen LogP contribution in [0.2, 0.25) is 0 Å². The third kappa shape index (κ3) is 2.82. The van der Waals surface area contributed by atoms with Crippen molar-refractivity contribution in [3.8, 4) is 0 Å². The number of imidazole rings is 1. The first-order valence-corrected chi connectivity index (χ1v) is 7.26. The number of H-pyrrole nitrogens is 1. The van der Waals surface area contributed by atoms with E-state index in [1.165, 1.54) is 12.1 Å². The Morgan fingerprint density at radius 3 is 2.86 bits per heavy atom. The number of non-ortho nitro benzene ring substituents is 1. The third-order valence-corrected chi connectivity index (χ3v) is 4.15. The highest BCUT2D eigenvalue weighted by Gasteiger charge is 2.21.